The van der Waals surface area contributed by atoms with Crippen LogP contribution >= 0.6 is 0 Å². The van der Waals surface area contributed by atoms with Crippen molar-refractivity contribution in [1.29, 1.82) is 0 Å². The fraction of sp³-hybridized carbons (Fsp3) is 0.200. The topological polar surface area (TPSA) is 132 Å². The van der Waals surface area contributed by atoms with E-state index >= 15 is 0 Å². The molecule has 2 amide bonds. The molecule has 0 atom stereocenters. The molecule has 1 aliphatic rings. The molecule has 3 N–H and O–H groups in total. The van der Waals surface area contributed by atoms with Crippen LogP contribution in [0.2, 0.25) is 0 Å². The summed E-state index contributed by atoms with van der Waals surface area (Å²) < 4.78 is 10.7. The molecule has 0 saturated carbocycles. The maximum absolute atomic E-state index is 12.6. The minimum atomic E-state index is -1.17. The second-order valence-corrected chi connectivity index (χ2v) is 6.21. The van der Waals surface area contributed by atoms with Gasteiger partial charge in [-0.05, 0) is 18.2 Å². The predicted octanol–water partition coefficient (Wildman–Crippen LogP) is 1.07. The summed E-state index contributed by atoms with van der Waals surface area (Å²) in [6.45, 7) is -0.797. The van der Waals surface area contributed by atoms with E-state index in [9.17, 15) is 19.5 Å². The van der Waals surface area contributed by atoms with Crippen molar-refractivity contribution in [2.75, 3.05) is 32.2 Å². The number of amides is 2. The number of primary amides is 1. The van der Waals surface area contributed by atoms with E-state index in [0.717, 1.165) is 4.90 Å². The number of hydrogen-bond donors (Lipinski definition) is 2. The largest absolute Gasteiger partial charge is 0.493 e. The number of rotatable bonds is 6. The number of carbonyl (C=O) groups excluding carboxylic acids is 2. The van der Waals surface area contributed by atoms with Crippen LogP contribution in [-0.2, 0) is 9.59 Å². The van der Waals surface area contributed by atoms with Crippen LogP contribution in [0.1, 0.15) is 21.5 Å². The van der Waals surface area contributed by atoms with Gasteiger partial charge in [0.05, 0.1) is 25.6 Å². The summed E-state index contributed by atoms with van der Waals surface area (Å²) in [7, 11) is 2.90. The van der Waals surface area contributed by atoms with Gasteiger partial charge in [0.15, 0.2) is 11.5 Å². The van der Waals surface area contributed by atoms with Crippen LogP contribution in [0.5, 0.6) is 11.5 Å². The molecule has 1 heterocycles. The Morgan fingerprint density at radius 1 is 1.17 bits per heavy atom. The van der Waals surface area contributed by atoms with Crippen LogP contribution in [0, 0.1) is 0 Å². The molecule has 9 heteroatoms. The van der Waals surface area contributed by atoms with Crippen molar-refractivity contribution in [3.63, 3.8) is 0 Å². The summed E-state index contributed by atoms with van der Waals surface area (Å²) in [4.78, 5) is 41.1. The molecule has 0 fully saturated rings. The SMILES string of the molecule is COc1cc2c(cc1OC)N(CC(=O)O)C(=O)CN=C2c1cccc(C(N)=O)c1. The number of carboxylic acids is 1. The minimum absolute atomic E-state index is 0.261. The third-order valence-corrected chi connectivity index (χ3v) is 4.44. The zero-order chi connectivity index (χ0) is 21.1. The molecule has 0 aromatic heterocycles. The second kappa shape index (κ2) is 8.01. The van der Waals surface area contributed by atoms with Crippen LogP contribution in [0.25, 0.3) is 0 Å². The van der Waals surface area contributed by atoms with Crippen molar-refractivity contribution < 1.29 is 29.0 Å². The standard InChI is InChI=1S/C20H19N3O6/c1-28-15-7-13-14(8-16(15)29-2)23(10-18(25)26)17(24)9-22-19(13)11-4-3-5-12(6-11)20(21)27/h3-8H,9-10H2,1-2H3,(H2,21,27)(H,25,26). The highest BCUT2D eigenvalue weighted by molar-refractivity contribution is 6.20. The van der Waals surface area contributed by atoms with Gasteiger partial charge in [0.25, 0.3) is 0 Å². The molecule has 2 aromatic rings. The van der Waals surface area contributed by atoms with Gasteiger partial charge in [0.2, 0.25) is 11.8 Å². The monoisotopic (exact) mass is 397 g/mol. The molecule has 2 aromatic carbocycles. The van der Waals surface area contributed by atoms with E-state index < -0.39 is 24.3 Å². The van der Waals surface area contributed by atoms with Gasteiger partial charge in [-0.3, -0.25) is 24.3 Å². The molecule has 0 saturated heterocycles. The van der Waals surface area contributed by atoms with Gasteiger partial charge >= 0.3 is 5.97 Å². The van der Waals surface area contributed by atoms with Crippen LogP contribution in [0.3, 0.4) is 0 Å². The van der Waals surface area contributed by atoms with Crippen molar-refractivity contribution in [3.8, 4) is 11.5 Å². The van der Waals surface area contributed by atoms with Crippen LogP contribution < -0.4 is 20.1 Å². The van der Waals surface area contributed by atoms with E-state index in [1.165, 1.54) is 20.3 Å². The Morgan fingerprint density at radius 2 is 1.86 bits per heavy atom. The number of carbonyl (C=O) groups is 3. The Kier molecular flexibility index (Phi) is 5.49. The summed E-state index contributed by atoms with van der Waals surface area (Å²) in [5.74, 6) is -1.53. The van der Waals surface area contributed by atoms with E-state index in [-0.39, 0.29) is 12.1 Å². The summed E-state index contributed by atoms with van der Waals surface area (Å²) in [5, 5.41) is 9.27. The van der Waals surface area contributed by atoms with E-state index in [0.29, 0.717) is 34.0 Å². The number of nitrogens with two attached hydrogens (primary N) is 1. The summed E-state index contributed by atoms with van der Waals surface area (Å²) >= 11 is 0. The van der Waals surface area contributed by atoms with Crippen LogP contribution in [-0.4, -0.2) is 55.9 Å². The molecular weight excluding hydrogens is 378 g/mol. The molecule has 0 radical (unpaired) electrons. The lowest BCUT2D eigenvalue weighted by molar-refractivity contribution is -0.136. The fourth-order valence-electron chi connectivity index (χ4n) is 3.11. The van der Waals surface area contributed by atoms with Gasteiger partial charge in [-0.1, -0.05) is 12.1 Å². The van der Waals surface area contributed by atoms with Gasteiger partial charge in [0.1, 0.15) is 13.1 Å². The molecule has 3 rings (SSSR count). The molecule has 0 spiro atoms. The van der Waals surface area contributed by atoms with Crippen molar-refractivity contribution in [3.05, 3.63) is 53.1 Å². The number of methoxy groups -OCH3 is 2. The first-order chi connectivity index (χ1) is 13.8. The lowest BCUT2D eigenvalue weighted by Crippen LogP contribution is -2.37. The molecule has 0 aliphatic carbocycles. The van der Waals surface area contributed by atoms with E-state index in [1.54, 1.807) is 30.3 Å². The average molecular weight is 397 g/mol. The smallest absolute Gasteiger partial charge is 0.323 e. The van der Waals surface area contributed by atoms with E-state index in [1.807, 2.05) is 0 Å². The number of nitrogens with zero attached hydrogens (tertiary/aromatic N) is 2. The highest BCUT2D eigenvalue weighted by atomic mass is 16.5. The van der Waals surface area contributed by atoms with Gasteiger partial charge in [-0.25, -0.2) is 0 Å². The quantitative estimate of drug-likeness (QED) is 0.750. The highest BCUT2D eigenvalue weighted by Gasteiger charge is 2.29. The predicted molar refractivity (Wildman–Crippen MR) is 105 cm³/mol. The minimum Gasteiger partial charge on any atom is -0.493 e. The molecule has 0 bridgehead atoms. The third kappa shape index (κ3) is 3.88. The van der Waals surface area contributed by atoms with Gasteiger partial charge in [-0.15, -0.1) is 0 Å². The molecule has 29 heavy (non-hydrogen) atoms. The number of carboxylic acid groups (broad SMARTS) is 1. The Balaban J connectivity index is 2.26. The van der Waals surface area contributed by atoms with Crippen molar-refractivity contribution in [2.24, 2.45) is 10.7 Å². The number of benzodiazepines with no additional fused rings is 1. The Bertz CT molecular complexity index is 1030. The first-order valence-electron chi connectivity index (χ1n) is 8.59. The number of anilines is 1. The second-order valence-electron chi connectivity index (χ2n) is 6.21. The van der Waals surface area contributed by atoms with Crippen LogP contribution in [0.15, 0.2) is 41.4 Å². The van der Waals surface area contributed by atoms with Crippen molar-refractivity contribution in [2.45, 2.75) is 0 Å². The zero-order valence-corrected chi connectivity index (χ0v) is 15.8. The Labute approximate surface area is 166 Å². The summed E-state index contributed by atoms with van der Waals surface area (Å²) in [5.41, 5.74) is 7.41. The number of aliphatic imine (C=N–C) groups is 1. The lowest BCUT2D eigenvalue weighted by atomic mass is 9.97. The molecule has 1 aliphatic heterocycles. The van der Waals surface area contributed by atoms with Gasteiger partial charge in [-0.2, -0.15) is 0 Å². The number of hydrogen-bond acceptors (Lipinski definition) is 6. The molecule has 9 nitrogen and oxygen atoms in total. The van der Waals surface area contributed by atoms with E-state index in [2.05, 4.69) is 4.99 Å². The average Bonchev–Trinajstić information content (AvgIpc) is 2.83. The van der Waals surface area contributed by atoms with E-state index in [4.69, 9.17) is 15.2 Å². The lowest BCUT2D eigenvalue weighted by Gasteiger charge is -2.23. The maximum Gasteiger partial charge on any atom is 0.323 e. The normalized spacial score (nSPS) is 13.2. The number of ether oxygens (including phenoxy) is 2. The number of fused-ring (bicyclic) bond motifs is 1. The molecular formula is C20H19N3O6. The van der Waals surface area contributed by atoms with Crippen molar-refractivity contribution in [1.82, 2.24) is 0 Å². The first kappa shape index (κ1) is 19.9. The summed E-state index contributed by atoms with van der Waals surface area (Å²) in [6.07, 6.45) is 0. The number of aliphatic carboxylic acids is 1. The van der Waals surface area contributed by atoms with Gasteiger partial charge < -0.3 is 20.3 Å². The Hall–Kier alpha value is -3.88. The molecule has 0 unspecified atom stereocenters. The highest BCUT2D eigenvalue weighted by Crippen LogP contribution is 2.37. The molecule has 150 valence electrons. The van der Waals surface area contributed by atoms with Crippen molar-refractivity contribution >= 4 is 29.2 Å². The number of benzene rings is 2. The zero-order valence-electron chi connectivity index (χ0n) is 15.8. The Morgan fingerprint density at radius 3 is 2.48 bits per heavy atom. The maximum atomic E-state index is 12.6. The van der Waals surface area contributed by atoms with Gasteiger partial charge in [0, 0.05) is 22.8 Å². The summed E-state index contributed by atoms with van der Waals surface area (Å²) in [6, 6.07) is 9.67. The van der Waals surface area contributed by atoms with Crippen LogP contribution in [0.4, 0.5) is 5.69 Å². The fourth-order valence-corrected chi connectivity index (χ4v) is 3.11. The third-order valence-electron chi connectivity index (χ3n) is 4.44. The first-order valence-corrected chi connectivity index (χ1v) is 8.59.